The molecule has 4 aromatic carbocycles. The van der Waals surface area contributed by atoms with Crippen molar-refractivity contribution in [1.82, 2.24) is 14.6 Å². The molecule has 3 aliphatic rings. The number of benzene rings is 4. The maximum Gasteiger partial charge on any atom is 0.293 e. The Hall–Kier alpha value is -5.41. The summed E-state index contributed by atoms with van der Waals surface area (Å²) in [6.45, 7) is 10.4. The number of hydrogen-bond acceptors (Lipinski definition) is 10. The predicted molar refractivity (Wildman–Crippen MR) is 239 cm³/mol. The van der Waals surface area contributed by atoms with Crippen molar-refractivity contribution >= 4 is 61.1 Å². The van der Waals surface area contributed by atoms with E-state index in [0.29, 0.717) is 25.5 Å². The highest BCUT2D eigenvalue weighted by molar-refractivity contribution is 7.90. The Bertz CT molecular complexity index is 2560. The highest BCUT2D eigenvalue weighted by Crippen LogP contribution is 2.43. The molecule has 1 aromatic heterocycles. The Labute approximate surface area is 361 Å². The van der Waals surface area contributed by atoms with Gasteiger partial charge in [-0.2, -0.15) is 0 Å². The lowest BCUT2D eigenvalue weighted by Gasteiger charge is -2.39. The zero-order chi connectivity index (χ0) is 42.7. The van der Waals surface area contributed by atoms with E-state index in [2.05, 4.69) is 50.8 Å². The minimum absolute atomic E-state index is 0.00972. The van der Waals surface area contributed by atoms with Crippen LogP contribution in [0.5, 0.6) is 11.5 Å². The van der Waals surface area contributed by atoms with E-state index in [0.717, 1.165) is 92.5 Å². The molecule has 0 bridgehead atoms. The molecule has 15 heteroatoms. The van der Waals surface area contributed by atoms with Crippen LogP contribution in [0, 0.1) is 21.4 Å². The van der Waals surface area contributed by atoms with Crippen molar-refractivity contribution in [2.24, 2.45) is 11.3 Å². The number of rotatable bonds is 13. The highest BCUT2D eigenvalue weighted by atomic mass is 35.5. The van der Waals surface area contributed by atoms with Crippen molar-refractivity contribution < 1.29 is 27.6 Å². The lowest BCUT2D eigenvalue weighted by molar-refractivity contribution is -0.384. The van der Waals surface area contributed by atoms with Crippen molar-refractivity contribution in [2.75, 3.05) is 62.7 Å². The summed E-state index contributed by atoms with van der Waals surface area (Å²) < 4.78 is 41.4. The van der Waals surface area contributed by atoms with Gasteiger partial charge in [-0.3, -0.25) is 19.8 Å². The van der Waals surface area contributed by atoms with E-state index in [1.807, 2.05) is 36.5 Å². The molecule has 13 nitrogen and oxygen atoms in total. The number of aromatic nitrogens is 1. The zero-order valence-electron chi connectivity index (χ0n) is 34.4. The summed E-state index contributed by atoms with van der Waals surface area (Å²) in [5, 5.41) is 16.8. The first-order valence-electron chi connectivity index (χ1n) is 20.8. The molecule has 1 amide bonds. The molecule has 3 heterocycles. The number of nitro groups is 1. The average Bonchev–Trinajstić information content (AvgIpc) is 3.72. The number of carbonyl (C=O) groups excluding carboxylic acids is 1. The van der Waals surface area contributed by atoms with Crippen LogP contribution in [0.4, 0.5) is 17.1 Å². The molecule has 8 rings (SSSR count). The summed E-state index contributed by atoms with van der Waals surface area (Å²) in [5.74, 6) is -0.121. The third-order valence-electron chi connectivity index (χ3n) is 12.0. The second-order valence-electron chi connectivity index (χ2n) is 17.0. The summed E-state index contributed by atoms with van der Waals surface area (Å²) in [6.07, 6.45) is 6.86. The SMILES string of the molecule is CC1(C)CCC(CN2CCN(c3ccc(C(=O)NS(=O)(=O)c4ccc(NCC5CCCOC5)c([N+](=O)[O-])c4)c(Oc4ccc5[nH]ccc5c4)c3)CC2)=C(c2ccc(Cl)cc2)C1. The van der Waals surface area contributed by atoms with Gasteiger partial charge in [0, 0.05) is 85.8 Å². The number of amides is 1. The van der Waals surface area contributed by atoms with Crippen LogP contribution in [0.1, 0.15) is 61.9 Å². The fraction of sp³-hybridized carbons (Fsp3) is 0.370. The number of piperazine rings is 1. The second kappa shape index (κ2) is 17.9. The largest absolute Gasteiger partial charge is 0.456 e. The van der Waals surface area contributed by atoms with Crippen LogP contribution in [-0.4, -0.2) is 81.6 Å². The fourth-order valence-electron chi connectivity index (χ4n) is 8.54. The molecule has 1 aliphatic carbocycles. The molecular formula is C46H51ClN6O7S. The summed E-state index contributed by atoms with van der Waals surface area (Å²) in [4.78, 5) is 32.8. The van der Waals surface area contributed by atoms with Gasteiger partial charge in [0.15, 0.2) is 0 Å². The topological polar surface area (TPSA) is 159 Å². The number of nitrogens with zero attached hydrogens (tertiary/aromatic N) is 3. The van der Waals surface area contributed by atoms with E-state index in [4.69, 9.17) is 21.1 Å². The number of sulfonamides is 1. The monoisotopic (exact) mass is 866 g/mol. The molecule has 0 spiro atoms. The molecule has 2 aliphatic heterocycles. The quantitative estimate of drug-likeness (QED) is 0.0769. The van der Waals surface area contributed by atoms with Crippen molar-refractivity contribution in [3.63, 3.8) is 0 Å². The Kier molecular flexibility index (Phi) is 12.4. The van der Waals surface area contributed by atoms with Crippen LogP contribution in [0.15, 0.2) is 102 Å². The van der Waals surface area contributed by atoms with Crippen LogP contribution >= 0.6 is 11.6 Å². The van der Waals surface area contributed by atoms with Gasteiger partial charge in [0.2, 0.25) is 0 Å². The van der Waals surface area contributed by atoms with Gasteiger partial charge in [-0.15, -0.1) is 0 Å². The van der Waals surface area contributed by atoms with Gasteiger partial charge >= 0.3 is 0 Å². The van der Waals surface area contributed by atoms with Crippen LogP contribution in [0.3, 0.4) is 0 Å². The molecule has 5 aromatic rings. The molecule has 1 atom stereocenters. The smallest absolute Gasteiger partial charge is 0.293 e. The maximum atomic E-state index is 13.9. The number of anilines is 2. The fourth-order valence-corrected chi connectivity index (χ4v) is 9.65. The van der Waals surface area contributed by atoms with Gasteiger partial charge in [0.25, 0.3) is 21.6 Å². The number of carbonyl (C=O) groups is 1. The number of ether oxygens (including phenoxy) is 2. The van der Waals surface area contributed by atoms with Crippen LogP contribution in [0.2, 0.25) is 5.02 Å². The Morgan fingerprint density at radius 1 is 1.02 bits per heavy atom. The minimum atomic E-state index is -4.54. The Morgan fingerprint density at radius 3 is 2.57 bits per heavy atom. The summed E-state index contributed by atoms with van der Waals surface area (Å²) in [5.41, 5.74) is 5.86. The van der Waals surface area contributed by atoms with Gasteiger partial charge in [0.1, 0.15) is 17.2 Å². The number of nitrogens with one attached hydrogen (secondary N) is 3. The molecule has 320 valence electrons. The first kappa shape index (κ1) is 42.3. The number of H-pyrrole nitrogens is 1. The predicted octanol–water partition coefficient (Wildman–Crippen LogP) is 9.26. The zero-order valence-corrected chi connectivity index (χ0v) is 36.0. The van der Waals surface area contributed by atoms with Crippen molar-refractivity contribution in [2.45, 2.75) is 50.8 Å². The van der Waals surface area contributed by atoms with E-state index >= 15 is 0 Å². The number of halogens is 1. The summed E-state index contributed by atoms with van der Waals surface area (Å²) >= 11 is 6.24. The molecule has 0 radical (unpaired) electrons. The van der Waals surface area contributed by atoms with Gasteiger partial charge in [0.05, 0.1) is 22.0 Å². The molecule has 2 fully saturated rings. The molecule has 3 N–H and O–H groups in total. The summed E-state index contributed by atoms with van der Waals surface area (Å²) in [6, 6.07) is 24.3. The van der Waals surface area contributed by atoms with Gasteiger partial charge in [-0.1, -0.05) is 43.2 Å². The first-order chi connectivity index (χ1) is 29.3. The van der Waals surface area contributed by atoms with Crippen molar-refractivity contribution in [3.8, 4) is 11.5 Å². The number of hydrogen-bond donors (Lipinski definition) is 3. The van der Waals surface area contributed by atoms with Crippen LogP contribution in [-0.2, 0) is 14.8 Å². The van der Waals surface area contributed by atoms with E-state index in [1.54, 1.807) is 24.3 Å². The van der Waals surface area contributed by atoms with Crippen molar-refractivity contribution in [1.29, 1.82) is 0 Å². The van der Waals surface area contributed by atoms with Gasteiger partial charge in [-0.05, 0) is 115 Å². The molecule has 1 unspecified atom stereocenters. The van der Waals surface area contributed by atoms with E-state index < -0.39 is 31.4 Å². The van der Waals surface area contributed by atoms with E-state index in [9.17, 15) is 23.3 Å². The third kappa shape index (κ3) is 10.0. The molecule has 0 saturated carbocycles. The lowest BCUT2D eigenvalue weighted by atomic mass is 9.72. The van der Waals surface area contributed by atoms with E-state index in [-0.39, 0.29) is 28.3 Å². The minimum Gasteiger partial charge on any atom is -0.456 e. The van der Waals surface area contributed by atoms with E-state index in [1.165, 1.54) is 28.8 Å². The maximum absolute atomic E-state index is 13.9. The summed E-state index contributed by atoms with van der Waals surface area (Å²) in [7, 11) is -4.54. The second-order valence-corrected chi connectivity index (χ2v) is 19.2. The van der Waals surface area contributed by atoms with Gasteiger partial charge in [-0.25, -0.2) is 13.1 Å². The van der Waals surface area contributed by atoms with Gasteiger partial charge < -0.3 is 24.7 Å². The number of aromatic amines is 1. The third-order valence-corrected chi connectivity index (χ3v) is 13.6. The number of fused-ring (bicyclic) bond motifs is 1. The molecular weight excluding hydrogens is 816 g/mol. The Morgan fingerprint density at radius 2 is 1.82 bits per heavy atom. The molecule has 2 saturated heterocycles. The van der Waals surface area contributed by atoms with Crippen LogP contribution in [0.25, 0.3) is 16.5 Å². The molecule has 61 heavy (non-hydrogen) atoms. The lowest BCUT2D eigenvalue weighted by Crippen LogP contribution is -2.47. The van der Waals surface area contributed by atoms with Crippen LogP contribution < -0.4 is 19.7 Å². The average molecular weight is 867 g/mol. The normalized spacial score (nSPS) is 18.5. The standard InChI is InChI=1S/C46H51ClN6O7S/c1-46(2)17-15-34(40(27-46)32-5-7-35(47)8-6-32)29-51-19-21-52(22-20-51)36-9-12-39(44(25-36)60-37-10-13-41-33(24-37)16-18-48-41)45(54)50-61(57,58)38-11-14-42(43(26-38)53(55)56)49-28-31-4-3-23-59-30-31/h5-14,16,18,24-26,31,48-49H,3-4,15,17,19-23,27-30H2,1-2H3,(H,50,54). The number of nitro benzene ring substituents is 1. The van der Waals surface area contributed by atoms with Crippen molar-refractivity contribution in [3.05, 3.63) is 123 Å². The Balaban J connectivity index is 1.00. The number of allylic oxidation sites excluding steroid dienone is 1. The first-order valence-corrected chi connectivity index (χ1v) is 22.7. The highest BCUT2D eigenvalue weighted by Gasteiger charge is 2.30.